The molecule has 0 aliphatic carbocycles. The lowest BCUT2D eigenvalue weighted by atomic mass is 10.0. The molecule has 3 amide bonds. The highest BCUT2D eigenvalue weighted by atomic mass is 16.5. The quantitative estimate of drug-likeness (QED) is 0.672. The molecule has 0 saturated carbocycles. The fourth-order valence-corrected chi connectivity index (χ4v) is 2.08. The van der Waals surface area contributed by atoms with Crippen LogP contribution in [0.15, 0.2) is 0 Å². The lowest BCUT2D eigenvalue weighted by Crippen LogP contribution is -2.44. The van der Waals surface area contributed by atoms with E-state index in [2.05, 4.69) is 10.6 Å². The van der Waals surface area contributed by atoms with E-state index in [1.54, 1.807) is 6.92 Å². The van der Waals surface area contributed by atoms with Crippen molar-refractivity contribution >= 4 is 17.9 Å². The molecule has 0 bridgehead atoms. The fraction of sp³-hybridized carbons (Fsp3) is 0.769. The number of aliphatic carboxylic acids is 1. The molecule has 1 saturated heterocycles. The highest BCUT2D eigenvalue weighted by Crippen LogP contribution is 2.11. The minimum absolute atomic E-state index is 0.00976. The number of carbonyl (C=O) groups is 3. The molecule has 0 spiro atoms. The van der Waals surface area contributed by atoms with Gasteiger partial charge in [-0.2, -0.15) is 0 Å². The number of carboxylic acid groups (broad SMARTS) is 1. The Morgan fingerprint density at radius 3 is 2.65 bits per heavy atom. The van der Waals surface area contributed by atoms with Crippen LogP contribution in [-0.2, 0) is 14.3 Å². The van der Waals surface area contributed by atoms with Gasteiger partial charge in [-0.3, -0.25) is 14.9 Å². The van der Waals surface area contributed by atoms with Gasteiger partial charge in [-0.25, -0.2) is 4.79 Å². The maximum Gasteiger partial charge on any atom is 0.321 e. The third-order valence-corrected chi connectivity index (χ3v) is 3.07. The minimum atomic E-state index is -0.954. The number of carbonyl (C=O) groups excluding carboxylic acids is 2. The number of amides is 3. The summed E-state index contributed by atoms with van der Waals surface area (Å²) in [6, 6.07) is -0.563. The Hall–Kier alpha value is -1.63. The molecule has 3 N–H and O–H groups in total. The van der Waals surface area contributed by atoms with E-state index in [1.165, 1.54) is 0 Å². The molecule has 0 aromatic rings. The van der Waals surface area contributed by atoms with E-state index >= 15 is 0 Å². The van der Waals surface area contributed by atoms with Gasteiger partial charge < -0.3 is 15.2 Å². The Kier molecular flexibility index (Phi) is 7.00. The van der Waals surface area contributed by atoms with E-state index in [0.29, 0.717) is 13.2 Å². The highest BCUT2D eigenvalue weighted by molar-refractivity contribution is 5.94. The van der Waals surface area contributed by atoms with Crippen molar-refractivity contribution in [2.24, 2.45) is 5.92 Å². The lowest BCUT2D eigenvalue weighted by Gasteiger charge is -2.22. The average Bonchev–Trinajstić information content (AvgIpc) is 2.36. The average molecular weight is 286 g/mol. The normalized spacial score (nSPS) is 19.9. The van der Waals surface area contributed by atoms with Crippen LogP contribution in [0.5, 0.6) is 0 Å². The zero-order valence-electron chi connectivity index (χ0n) is 11.7. The molecule has 1 heterocycles. The van der Waals surface area contributed by atoms with Gasteiger partial charge in [0.15, 0.2) is 0 Å². The Morgan fingerprint density at radius 2 is 2.05 bits per heavy atom. The number of nitrogens with one attached hydrogen (secondary N) is 2. The molecule has 7 nitrogen and oxygen atoms in total. The van der Waals surface area contributed by atoms with Crippen molar-refractivity contribution in [3.8, 4) is 0 Å². The van der Waals surface area contributed by atoms with Crippen LogP contribution in [0.1, 0.15) is 39.0 Å². The van der Waals surface area contributed by atoms with Gasteiger partial charge in [0.05, 0.1) is 6.10 Å². The van der Waals surface area contributed by atoms with E-state index in [1.807, 2.05) is 0 Å². The summed E-state index contributed by atoms with van der Waals surface area (Å²) in [5, 5.41) is 13.4. The van der Waals surface area contributed by atoms with Crippen LogP contribution < -0.4 is 10.6 Å². The third kappa shape index (κ3) is 7.08. The van der Waals surface area contributed by atoms with E-state index in [0.717, 1.165) is 19.3 Å². The molecule has 1 fully saturated rings. The number of hydrogen-bond acceptors (Lipinski definition) is 4. The summed E-state index contributed by atoms with van der Waals surface area (Å²) in [6.07, 6.45) is 2.96. The first kappa shape index (κ1) is 16.4. The summed E-state index contributed by atoms with van der Waals surface area (Å²) in [6.45, 7) is 2.74. The van der Waals surface area contributed by atoms with E-state index < -0.39 is 17.9 Å². The summed E-state index contributed by atoms with van der Waals surface area (Å²) in [4.78, 5) is 33.5. The second-order valence-corrected chi connectivity index (χ2v) is 5.15. The monoisotopic (exact) mass is 286 g/mol. The Bertz CT molecular complexity index is 353. The summed E-state index contributed by atoms with van der Waals surface area (Å²) < 4.78 is 5.45. The van der Waals surface area contributed by atoms with E-state index in [9.17, 15) is 14.4 Å². The molecule has 1 aliphatic rings. The Morgan fingerprint density at radius 1 is 1.30 bits per heavy atom. The number of ether oxygens (including phenoxy) is 1. The van der Waals surface area contributed by atoms with Crippen molar-refractivity contribution in [1.82, 2.24) is 10.6 Å². The minimum Gasteiger partial charge on any atom is -0.481 e. The molecule has 1 rings (SSSR count). The lowest BCUT2D eigenvalue weighted by molar-refractivity contribution is -0.138. The van der Waals surface area contributed by atoms with Gasteiger partial charge in [-0.05, 0) is 25.2 Å². The summed E-state index contributed by atoms with van der Waals surface area (Å²) in [5.74, 6) is -1.73. The zero-order chi connectivity index (χ0) is 15.0. The van der Waals surface area contributed by atoms with Crippen molar-refractivity contribution in [2.75, 3.05) is 13.2 Å². The van der Waals surface area contributed by atoms with Gasteiger partial charge in [0, 0.05) is 26.0 Å². The van der Waals surface area contributed by atoms with E-state index in [-0.39, 0.29) is 24.9 Å². The predicted molar refractivity (Wildman–Crippen MR) is 71.2 cm³/mol. The summed E-state index contributed by atoms with van der Waals surface area (Å²) in [7, 11) is 0. The molecule has 1 aliphatic heterocycles. The summed E-state index contributed by atoms with van der Waals surface area (Å²) in [5.41, 5.74) is 0. The van der Waals surface area contributed by atoms with Crippen LogP contribution >= 0.6 is 0 Å². The molecule has 20 heavy (non-hydrogen) atoms. The van der Waals surface area contributed by atoms with Crippen molar-refractivity contribution < 1.29 is 24.2 Å². The molecular formula is C13H22N2O5. The first-order chi connectivity index (χ1) is 9.47. The molecule has 114 valence electrons. The van der Waals surface area contributed by atoms with Crippen LogP contribution in [-0.4, -0.2) is 42.3 Å². The Balaban J connectivity index is 2.17. The molecule has 0 aromatic heterocycles. The maximum absolute atomic E-state index is 11.5. The smallest absolute Gasteiger partial charge is 0.321 e. The van der Waals surface area contributed by atoms with Crippen LogP contribution in [0.4, 0.5) is 4.79 Å². The van der Waals surface area contributed by atoms with Crippen LogP contribution in [0.3, 0.4) is 0 Å². The van der Waals surface area contributed by atoms with Crippen molar-refractivity contribution in [3.05, 3.63) is 0 Å². The largest absolute Gasteiger partial charge is 0.481 e. The van der Waals surface area contributed by atoms with Gasteiger partial charge in [-0.15, -0.1) is 0 Å². The van der Waals surface area contributed by atoms with Gasteiger partial charge in [0.2, 0.25) is 5.91 Å². The SMILES string of the molecule is CC(CC(=O)O)CC(=O)NC(=O)NCC1CCCCO1. The van der Waals surface area contributed by atoms with Gasteiger partial charge in [0.25, 0.3) is 0 Å². The number of imide groups is 1. The first-order valence-electron chi connectivity index (χ1n) is 6.88. The van der Waals surface area contributed by atoms with Crippen LogP contribution in [0.2, 0.25) is 0 Å². The predicted octanol–water partition coefficient (Wildman–Crippen LogP) is 0.882. The topological polar surface area (TPSA) is 105 Å². The van der Waals surface area contributed by atoms with Crippen molar-refractivity contribution in [1.29, 1.82) is 0 Å². The fourth-order valence-electron chi connectivity index (χ4n) is 2.08. The second kappa shape index (κ2) is 8.52. The van der Waals surface area contributed by atoms with Gasteiger partial charge in [0.1, 0.15) is 0 Å². The standard InChI is InChI=1S/C13H22N2O5/c1-9(7-12(17)18)6-11(16)15-13(19)14-8-10-4-2-3-5-20-10/h9-10H,2-8H2,1H3,(H,17,18)(H2,14,15,16,19). The number of hydrogen-bond donors (Lipinski definition) is 3. The number of rotatable bonds is 6. The van der Waals surface area contributed by atoms with E-state index in [4.69, 9.17) is 9.84 Å². The Labute approximate surface area is 118 Å². The van der Waals surface area contributed by atoms with Crippen molar-refractivity contribution in [2.45, 2.75) is 45.1 Å². The number of carboxylic acids is 1. The molecule has 2 atom stereocenters. The van der Waals surface area contributed by atoms with Crippen LogP contribution in [0.25, 0.3) is 0 Å². The number of urea groups is 1. The van der Waals surface area contributed by atoms with Crippen molar-refractivity contribution in [3.63, 3.8) is 0 Å². The molecule has 2 unspecified atom stereocenters. The van der Waals surface area contributed by atoms with Gasteiger partial charge in [-0.1, -0.05) is 6.92 Å². The maximum atomic E-state index is 11.5. The molecule has 0 aromatic carbocycles. The van der Waals surface area contributed by atoms with Gasteiger partial charge >= 0.3 is 12.0 Å². The third-order valence-electron chi connectivity index (χ3n) is 3.07. The molecule has 7 heteroatoms. The zero-order valence-corrected chi connectivity index (χ0v) is 11.7. The summed E-state index contributed by atoms with van der Waals surface area (Å²) >= 11 is 0. The second-order valence-electron chi connectivity index (χ2n) is 5.15. The molecular weight excluding hydrogens is 264 g/mol. The first-order valence-corrected chi connectivity index (χ1v) is 6.88. The molecule has 0 radical (unpaired) electrons. The highest BCUT2D eigenvalue weighted by Gasteiger charge is 2.17. The van der Waals surface area contributed by atoms with Crippen LogP contribution in [0, 0.1) is 5.92 Å².